The van der Waals surface area contributed by atoms with Gasteiger partial charge in [0.05, 0.1) is 0 Å². The summed E-state index contributed by atoms with van der Waals surface area (Å²) in [4.78, 5) is 2.49. The van der Waals surface area contributed by atoms with E-state index in [-0.39, 0.29) is 0 Å². The first-order valence-electron chi connectivity index (χ1n) is 4.18. The smallest absolute Gasteiger partial charge is 0.0242 e. The van der Waals surface area contributed by atoms with Crippen LogP contribution in [0.4, 0.5) is 0 Å². The molecule has 1 nitrogen and oxygen atoms in total. The fraction of sp³-hybridized carbons (Fsp3) is 0.556. The van der Waals surface area contributed by atoms with Crippen molar-refractivity contribution in [2.75, 3.05) is 18.4 Å². The molecular formula is C9H12BrNS. The Bertz CT molecular complexity index is 229. The van der Waals surface area contributed by atoms with Crippen molar-refractivity contribution in [3.05, 3.63) is 22.4 Å². The third-order valence-electron chi connectivity index (χ3n) is 2.24. The fourth-order valence-electron chi connectivity index (χ4n) is 1.54. The quantitative estimate of drug-likeness (QED) is 0.741. The Kier molecular flexibility index (Phi) is 2.84. The number of thiophene rings is 1. The van der Waals surface area contributed by atoms with Crippen LogP contribution < -0.4 is 0 Å². The summed E-state index contributed by atoms with van der Waals surface area (Å²) in [5.41, 5.74) is 1.47. The molecule has 1 aliphatic heterocycles. The molecule has 1 aliphatic rings. The van der Waals surface area contributed by atoms with Crippen LogP contribution in [0.25, 0.3) is 0 Å². The van der Waals surface area contributed by atoms with Crippen molar-refractivity contribution >= 4 is 27.3 Å². The molecular weight excluding hydrogens is 234 g/mol. The molecule has 1 saturated heterocycles. The average Bonchev–Trinajstić information content (AvgIpc) is 2.47. The molecule has 0 spiro atoms. The molecule has 0 aliphatic carbocycles. The second-order valence-corrected chi connectivity index (χ2v) is 4.77. The van der Waals surface area contributed by atoms with Crippen LogP contribution in [0.2, 0.25) is 0 Å². The first kappa shape index (κ1) is 8.73. The lowest BCUT2D eigenvalue weighted by molar-refractivity contribution is 0.109. The number of rotatable bonds is 3. The number of hydrogen-bond donors (Lipinski definition) is 0. The number of alkyl halides is 1. The lowest BCUT2D eigenvalue weighted by atomic mass is 10.0. The third kappa shape index (κ3) is 1.90. The van der Waals surface area contributed by atoms with Crippen LogP contribution in [0.3, 0.4) is 0 Å². The van der Waals surface area contributed by atoms with Gasteiger partial charge in [0, 0.05) is 25.0 Å². The van der Waals surface area contributed by atoms with Gasteiger partial charge in [-0.3, -0.25) is 4.90 Å². The molecule has 0 saturated carbocycles. The highest BCUT2D eigenvalue weighted by Crippen LogP contribution is 2.20. The summed E-state index contributed by atoms with van der Waals surface area (Å²) in [6.07, 6.45) is 0. The van der Waals surface area contributed by atoms with Crippen LogP contribution in [-0.2, 0) is 6.54 Å². The maximum Gasteiger partial charge on any atom is 0.0242 e. The van der Waals surface area contributed by atoms with Gasteiger partial charge in [-0.2, -0.15) is 11.3 Å². The maximum absolute atomic E-state index is 3.51. The molecule has 2 rings (SSSR count). The van der Waals surface area contributed by atoms with E-state index in [4.69, 9.17) is 0 Å². The summed E-state index contributed by atoms with van der Waals surface area (Å²) in [5, 5.41) is 5.55. The first-order chi connectivity index (χ1) is 5.88. The van der Waals surface area contributed by atoms with Gasteiger partial charge in [0.25, 0.3) is 0 Å². The van der Waals surface area contributed by atoms with Gasteiger partial charge in [-0.15, -0.1) is 0 Å². The molecule has 0 unspecified atom stereocenters. The summed E-state index contributed by atoms with van der Waals surface area (Å²) >= 11 is 5.29. The molecule has 2 heterocycles. The predicted octanol–water partition coefficient (Wildman–Crippen LogP) is 2.57. The zero-order valence-electron chi connectivity index (χ0n) is 6.87. The normalized spacial score (nSPS) is 19.4. The van der Waals surface area contributed by atoms with Gasteiger partial charge in [-0.05, 0) is 28.3 Å². The molecule has 0 aromatic carbocycles. The second-order valence-electron chi connectivity index (χ2n) is 3.35. The second kappa shape index (κ2) is 3.90. The van der Waals surface area contributed by atoms with Crippen LogP contribution in [0, 0.1) is 5.92 Å². The largest absolute Gasteiger partial charge is 0.298 e. The van der Waals surface area contributed by atoms with E-state index >= 15 is 0 Å². The van der Waals surface area contributed by atoms with Crippen LogP contribution in [0.5, 0.6) is 0 Å². The summed E-state index contributed by atoms with van der Waals surface area (Å²) in [5.74, 6) is 0.892. The minimum Gasteiger partial charge on any atom is -0.298 e. The highest BCUT2D eigenvalue weighted by Gasteiger charge is 2.24. The molecule has 66 valence electrons. The summed E-state index contributed by atoms with van der Waals surface area (Å²) in [6.45, 7) is 3.68. The molecule has 0 bridgehead atoms. The highest BCUT2D eigenvalue weighted by molar-refractivity contribution is 9.09. The van der Waals surface area contributed by atoms with Crippen molar-refractivity contribution < 1.29 is 0 Å². The van der Waals surface area contributed by atoms with E-state index in [2.05, 4.69) is 37.7 Å². The number of hydrogen-bond acceptors (Lipinski definition) is 2. The van der Waals surface area contributed by atoms with E-state index in [0.717, 1.165) is 17.8 Å². The standard InChI is InChI=1S/C9H12BrNS/c10-3-9-5-11(6-9)4-8-1-2-12-7-8/h1-2,7,9H,3-6H2. The zero-order valence-corrected chi connectivity index (χ0v) is 9.27. The number of halogens is 1. The van der Waals surface area contributed by atoms with Gasteiger partial charge in [0.15, 0.2) is 0 Å². The van der Waals surface area contributed by atoms with Crippen LogP contribution in [0.15, 0.2) is 16.8 Å². The van der Waals surface area contributed by atoms with Gasteiger partial charge in [-0.1, -0.05) is 15.9 Å². The molecule has 0 radical (unpaired) electrons. The van der Waals surface area contributed by atoms with E-state index in [1.54, 1.807) is 11.3 Å². The van der Waals surface area contributed by atoms with Crippen LogP contribution in [-0.4, -0.2) is 23.3 Å². The van der Waals surface area contributed by atoms with E-state index in [0.29, 0.717) is 0 Å². The molecule has 12 heavy (non-hydrogen) atoms. The maximum atomic E-state index is 3.51. The van der Waals surface area contributed by atoms with E-state index in [1.807, 2.05) is 0 Å². The Labute approximate surface area is 85.5 Å². The van der Waals surface area contributed by atoms with E-state index in [1.165, 1.54) is 18.7 Å². The van der Waals surface area contributed by atoms with Crippen molar-refractivity contribution in [3.63, 3.8) is 0 Å². The Morgan fingerprint density at radius 2 is 2.42 bits per heavy atom. The number of nitrogens with zero attached hydrogens (tertiary/aromatic N) is 1. The highest BCUT2D eigenvalue weighted by atomic mass is 79.9. The molecule has 0 atom stereocenters. The van der Waals surface area contributed by atoms with Crippen LogP contribution in [0.1, 0.15) is 5.56 Å². The monoisotopic (exact) mass is 245 g/mol. The summed E-state index contributed by atoms with van der Waals surface area (Å²) in [7, 11) is 0. The van der Waals surface area contributed by atoms with Gasteiger partial charge in [0.2, 0.25) is 0 Å². The van der Waals surface area contributed by atoms with Crippen molar-refractivity contribution in [3.8, 4) is 0 Å². The van der Waals surface area contributed by atoms with Crippen molar-refractivity contribution in [2.24, 2.45) is 5.92 Å². The van der Waals surface area contributed by atoms with Gasteiger partial charge >= 0.3 is 0 Å². The van der Waals surface area contributed by atoms with Crippen molar-refractivity contribution in [1.82, 2.24) is 4.90 Å². The van der Waals surface area contributed by atoms with E-state index < -0.39 is 0 Å². The molecule has 1 fully saturated rings. The molecule has 0 amide bonds. The molecule has 0 N–H and O–H groups in total. The topological polar surface area (TPSA) is 3.24 Å². The van der Waals surface area contributed by atoms with Gasteiger partial charge in [-0.25, -0.2) is 0 Å². The summed E-state index contributed by atoms with van der Waals surface area (Å²) < 4.78 is 0. The Hall–Kier alpha value is 0.140. The summed E-state index contributed by atoms with van der Waals surface area (Å²) in [6, 6.07) is 2.21. The zero-order chi connectivity index (χ0) is 8.39. The van der Waals surface area contributed by atoms with E-state index in [9.17, 15) is 0 Å². The average molecular weight is 246 g/mol. The minimum atomic E-state index is 0.892. The Morgan fingerprint density at radius 3 is 3.00 bits per heavy atom. The number of likely N-dealkylation sites (tertiary alicyclic amines) is 1. The first-order valence-corrected chi connectivity index (χ1v) is 6.24. The van der Waals surface area contributed by atoms with Crippen molar-refractivity contribution in [1.29, 1.82) is 0 Å². The predicted molar refractivity (Wildman–Crippen MR) is 56.9 cm³/mol. The Morgan fingerprint density at radius 1 is 1.58 bits per heavy atom. The third-order valence-corrected chi connectivity index (χ3v) is 3.89. The van der Waals surface area contributed by atoms with Crippen LogP contribution >= 0.6 is 27.3 Å². The molecule has 1 aromatic heterocycles. The SMILES string of the molecule is BrCC1CN(Cc2ccsc2)C1. The molecule has 3 heteroatoms. The lowest BCUT2D eigenvalue weighted by Crippen LogP contribution is -2.46. The van der Waals surface area contributed by atoms with Gasteiger partial charge in [0.1, 0.15) is 0 Å². The van der Waals surface area contributed by atoms with Gasteiger partial charge < -0.3 is 0 Å². The van der Waals surface area contributed by atoms with Crippen molar-refractivity contribution in [2.45, 2.75) is 6.54 Å². The minimum absolute atomic E-state index is 0.892. The molecule has 1 aromatic rings. The Balaban J connectivity index is 1.77. The lowest BCUT2D eigenvalue weighted by Gasteiger charge is -2.38. The fourth-order valence-corrected chi connectivity index (χ4v) is 2.61.